The molecule has 1 radical (unpaired) electrons. The third kappa shape index (κ3) is 14.3. The number of carbonyl (C=O) groups excluding carboxylic acids is 7. The number of nitrogen functional groups attached to an aromatic ring is 1. The average Bonchev–Trinajstić information content (AvgIpc) is 1.53. The Morgan fingerprint density at radius 3 is 1.91 bits per heavy atom. The summed E-state index contributed by atoms with van der Waals surface area (Å²) < 4.78 is 23.1. The predicted molar refractivity (Wildman–Crippen MR) is 326 cm³/mol. The van der Waals surface area contributed by atoms with Crippen molar-refractivity contribution >= 4 is 83.3 Å². The molecule has 497 valence electrons. The van der Waals surface area contributed by atoms with E-state index in [1.807, 2.05) is 54.5 Å². The monoisotopic (exact) mass is 1320 g/mol. The van der Waals surface area contributed by atoms with Crippen LogP contribution in [-0.2, 0) is 64.2 Å². The van der Waals surface area contributed by atoms with Gasteiger partial charge in [-0.25, -0.2) is 19.5 Å². The van der Waals surface area contributed by atoms with Gasteiger partial charge in [0.15, 0.2) is 17.7 Å². The summed E-state index contributed by atoms with van der Waals surface area (Å²) in [5, 5.41) is 27.8. The minimum atomic E-state index is -4.86. The summed E-state index contributed by atoms with van der Waals surface area (Å²) in [5.74, 6) is -6.76. The Bertz CT molecular complexity index is 3450. The van der Waals surface area contributed by atoms with Crippen LogP contribution in [0.3, 0.4) is 0 Å². The molecule has 2 saturated heterocycles. The van der Waals surface area contributed by atoms with Crippen LogP contribution in [0.2, 0.25) is 0 Å². The average molecular weight is 1320 g/mol. The van der Waals surface area contributed by atoms with Gasteiger partial charge in [0.05, 0.1) is 29.8 Å². The van der Waals surface area contributed by atoms with Gasteiger partial charge in [0.1, 0.15) is 17.9 Å². The maximum absolute atomic E-state index is 13.7. The van der Waals surface area contributed by atoms with Crippen LogP contribution >= 0.6 is 7.82 Å². The van der Waals surface area contributed by atoms with Gasteiger partial charge in [0, 0.05) is 125 Å². The van der Waals surface area contributed by atoms with Crippen molar-refractivity contribution < 1.29 is 84.2 Å². The topological polar surface area (TPSA) is 525 Å². The molecule has 7 amide bonds. The van der Waals surface area contributed by atoms with Crippen molar-refractivity contribution in [2.75, 3.05) is 12.3 Å². The zero-order valence-electron chi connectivity index (χ0n) is 52.0. The Kier molecular flexibility index (Phi) is 21.8. The normalized spacial score (nSPS) is 33.3. The number of nitrogens with zero attached hydrogens (tertiary/aromatic N) is 8. The molecule has 90 heavy (non-hydrogen) atoms. The van der Waals surface area contributed by atoms with Crippen molar-refractivity contribution in [3.05, 3.63) is 59.2 Å². The van der Waals surface area contributed by atoms with Crippen molar-refractivity contribution in [1.82, 2.24) is 24.8 Å². The molecule has 2 fully saturated rings. The number of rotatable bonds is 23. The van der Waals surface area contributed by atoms with E-state index in [1.54, 1.807) is 6.92 Å². The maximum Gasteiger partial charge on any atom is 0.469 e. The quantitative estimate of drug-likeness (QED) is 0.0554. The molecule has 32 heteroatoms. The van der Waals surface area contributed by atoms with Crippen molar-refractivity contribution in [3.8, 4) is 0 Å². The second-order valence-electron chi connectivity index (χ2n) is 25.8. The number of aliphatic imine (C=N–C) groups is 3. The number of fused-ring (bicyclic) bond motifs is 7. The van der Waals surface area contributed by atoms with Gasteiger partial charge in [-0.2, -0.15) is 5.70 Å². The standard InChI is InChI=1S/C48H74N11O11P.C10H12N5O3.Co/c1-23(70-71(67,68)69)22-55-38(66)16-17-45(6)29(18-35(52)63)43-48(9)47(8,21-37(54)65)28(12-15-34(51)62)40(59-48)25(3)42-46(7,20-36(53)64)26(10-13-32(49)60)30(56-42)19-31-44(4,5)27(11-14-33(50)61)39(57-31)24(2)41(45)58-43;1-4-6(16)7(17)10(18-4)15-3-14-5-8(11)12-2-13-9(5)15;/h19,23,26-29,43H,10-18,20-22H2,1-9H3,(H16,49,50,51,52,53,54,55,56,57,58,59,60,61,62,63,64,65,66,67,68,69);2-4,6-7,10,16-17H,1H2,(H2,11,12,13);/q;-1;/p-1/t23-,26-,27-,28-,29+,43-,45-,46+,47+,48+;4-,6-,7-,10-;/m11./s1. The van der Waals surface area contributed by atoms with E-state index in [-0.39, 0.29) is 99.8 Å². The van der Waals surface area contributed by atoms with Gasteiger partial charge in [-0.1, -0.05) is 40.7 Å². The van der Waals surface area contributed by atoms with Gasteiger partial charge >= 0.3 is 7.82 Å². The van der Waals surface area contributed by atoms with Crippen LogP contribution in [0.1, 0.15) is 139 Å². The number of anilines is 1. The molecule has 0 aromatic carbocycles. The van der Waals surface area contributed by atoms with Gasteiger partial charge in [0.25, 0.3) is 0 Å². The van der Waals surface area contributed by atoms with E-state index in [2.05, 4.69) is 27.2 Å². The minimum Gasteiger partial charge on any atom is -0.682 e. The molecule has 6 aliphatic rings. The molecular weight excluding hydrogens is 1230 g/mol. The number of carbonyl (C=O) groups is 7. The van der Waals surface area contributed by atoms with Crippen LogP contribution in [0.5, 0.6) is 0 Å². The first kappa shape index (κ1) is 72.2. The Morgan fingerprint density at radius 2 is 1.37 bits per heavy atom. The zero-order chi connectivity index (χ0) is 66.4. The number of aromatic nitrogens is 4. The van der Waals surface area contributed by atoms with E-state index in [0.29, 0.717) is 56.5 Å². The number of nitrogens with two attached hydrogens (primary N) is 7. The number of phosphoric acid groups is 1. The number of imidazole rings is 1. The molecule has 14 atom stereocenters. The minimum absolute atomic E-state index is 0. The molecule has 2 aromatic heterocycles. The van der Waals surface area contributed by atoms with Gasteiger partial charge in [-0.05, 0) is 88.0 Å². The van der Waals surface area contributed by atoms with E-state index < -0.39 is 137 Å². The smallest absolute Gasteiger partial charge is 0.469 e. The number of primary amides is 6. The Labute approximate surface area is 531 Å². The van der Waals surface area contributed by atoms with Crippen molar-refractivity contribution in [2.24, 2.45) is 94.7 Å². The van der Waals surface area contributed by atoms with Gasteiger partial charge in [0.2, 0.25) is 41.4 Å². The Balaban J connectivity index is 0.000000573. The SMILES string of the molecule is C/C1=C2/[N-][C@H]([C@H](CC(N)=O)[C@@]2(C)CCC(=O)NC[C@@H](C)OP(=O)(O)O)[C@]2(C)N=C(/C(C)=C3N=C(/C=C4N=C1[C@@H](CCC(N)=O)C\4(C)C)[C@@H](CCC(N)=O)[C@]\3(C)CC(N)=O)[C@@H](CCC(N)=O)[C@]2(C)CC(N)=O.[CH2-][C@H]1O[C@@H](n2cnc3c(N)ncnc32)[C@H](O)[C@@H]1O.[Co]. The number of amides is 7. The van der Waals surface area contributed by atoms with E-state index in [0.717, 1.165) is 0 Å². The molecule has 8 heterocycles. The molecule has 6 aliphatic heterocycles. The summed E-state index contributed by atoms with van der Waals surface area (Å²) in [5.41, 5.74) is 40.2. The van der Waals surface area contributed by atoms with Crippen LogP contribution in [-0.4, -0.2) is 141 Å². The summed E-state index contributed by atoms with van der Waals surface area (Å²) >= 11 is 0. The van der Waals surface area contributed by atoms with Crippen LogP contribution in [0.25, 0.3) is 16.5 Å². The third-order valence-electron chi connectivity index (χ3n) is 19.3. The maximum atomic E-state index is 13.7. The van der Waals surface area contributed by atoms with Crippen LogP contribution in [0.15, 0.2) is 61.9 Å². The Morgan fingerprint density at radius 1 is 0.778 bits per heavy atom. The van der Waals surface area contributed by atoms with Crippen LogP contribution in [0, 0.1) is 52.3 Å². The van der Waals surface area contributed by atoms with E-state index in [1.165, 1.54) is 24.1 Å². The number of nitrogens with one attached hydrogen (secondary N) is 1. The number of hydrogen-bond donors (Lipinski definition) is 12. The van der Waals surface area contributed by atoms with Crippen LogP contribution in [0.4, 0.5) is 5.82 Å². The molecule has 30 nitrogen and oxygen atoms in total. The van der Waals surface area contributed by atoms with E-state index in [4.69, 9.17) is 69.7 Å². The number of aliphatic hydroxyl groups excluding tert-OH is 2. The predicted octanol–water partition coefficient (Wildman–Crippen LogP) is 1.50. The Hall–Kier alpha value is -6.83. The molecule has 0 aliphatic carbocycles. The number of aliphatic hydroxyl groups is 2. The molecule has 0 spiro atoms. The molecule has 19 N–H and O–H groups in total. The largest absolute Gasteiger partial charge is 0.682 e. The summed E-state index contributed by atoms with van der Waals surface area (Å²) in [6, 6.07) is -0.998. The number of hydrogen-bond acceptors (Lipinski definition) is 19. The number of allylic oxidation sites excluding steroid dienone is 6. The van der Waals surface area contributed by atoms with Crippen molar-refractivity contribution in [1.29, 1.82) is 0 Å². The van der Waals surface area contributed by atoms with Crippen molar-refractivity contribution in [2.45, 2.75) is 175 Å². The fourth-order valence-electron chi connectivity index (χ4n) is 14.5. The fraction of sp³-hybridized carbons (Fsp3) is 0.621. The summed E-state index contributed by atoms with van der Waals surface area (Å²) in [7, 11) is -4.86. The third-order valence-corrected chi connectivity index (χ3v) is 19.9. The first-order valence-corrected chi connectivity index (χ1v) is 30.9. The van der Waals surface area contributed by atoms with Gasteiger partial charge in [-0.3, -0.25) is 57.6 Å². The first-order valence-electron chi connectivity index (χ1n) is 29.3. The molecule has 8 bridgehead atoms. The molecule has 8 rings (SSSR count). The number of ether oxygens (including phenoxy) is 1. The zero-order valence-corrected chi connectivity index (χ0v) is 53.9. The molecule has 0 unspecified atom stereocenters. The summed E-state index contributed by atoms with van der Waals surface area (Å²) in [6.45, 7) is 19.7. The fourth-order valence-corrected chi connectivity index (χ4v) is 15.0. The summed E-state index contributed by atoms with van der Waals surface area (Å²) in [4.78, 5) is 139. The second kappa shape index (κ2) is 27.2. The first-order chi connectivity index (χ1) is 41.2. The summed E-state index contributed by atoms with van der Waals surface area (Å²) in [6.07, 6.45) is -0.796. The molecule has 2 aromatic rings. The van der Waals surface area contributed by atoms with E-state index >= 15 is 0 Å². The van der Waals surface area contributed by atoms with Crippen LogP contribution < -0.4 is 45.5 Å². The number of phosphoric ester groups is 1. The molecule has 0 saturated carbocycles. The molecular formula is C58H85CoN16O14P-2. The second-order valence-corrected chi connectivity index (χ2v) is 27.0. The van der Waals surface area contributed by atoms with Crippen molar-refractivity contribution in [3.63, 3.8) is 0 Å². The van der Waals surface area contributed by atoms with E-state index in [9.17, 15) is 58.1 Å². The van der Waals surface area contributed by atoms with Gasteiger partial charge < -0.3 is 82.4 Å². The van der Waals surface area contributed by atoms with Gasteiger partial charge in [-0.15, -0.1) is 0 Å².